The van der Waals surface area contributed by atoms with Crippen LogP contribution in [0.3, 0.4) is 0 Å². The monoisotopic (exact) mass is 498 g/mol. The SMILES string of the molecule is CCOC(=O)c1cccc(S(=O)(=O)N(Cc2cc3cc(C)c(C)cc3[nH]c2=O)C[C@H]2CCCO2)c1. The van der Waals surface area contributed by atoms with Crippen molar-refractivity contribution in [3.63, 3.8) is 0 Å². The van der Waals surface area contributed by atoms with E-state index in [1.54, 1.807) is 13.0 Å². The van der Waals surface area contributed by atoms with E-state index < -0.39 is 16.0 Å². The van der Waals surface area contributed by atoms with Crippen LogP contribution in [0.5, 0.6) is 0 Å². The van der Waals surface area contributed by atoms with E-state index in [4.69, 9.17) is 9.47 Å². The maximum absolute atomic E-state index is 13.7. The zero-order chi connectivity index (χ0) is 25.2. The summed E-state index contributed by atoms with van der Waals surface area (Å²) < 4.78 is 39.5. The first kappa shape index (κ1) is 25.1. The summed E-state index contributed by atoms with van der Waals surface area (Å²) >= 11 is 0. The molecule has 2 aromatic carbocycles. The zero-order valence-electron chi connectivity index (χ0n) is 20.2. The van der Waals surface area contributed by atoms with Gasteiger partial charge in [-0.05, 0) is 86.5 Å². The summed E-state index contributed by atoms with van der Waals surface area (Å²) in [6, 6.07) is 11.4. The molecule has 1 aliphatic heterocycles. The fourth-order valence-electron chi connectivity index (χ4n) is 4.24. The average Bonchev–Trinajstić information content (AvgIpc) is 3.34. The summed E-state index contributed by atoms with van der Waals surface area (Å²) in [6.45, 7) is 6.40. The molecule has 1 saturated heterocycles. The largest absolute Gasteiger partial charge is 0.462 e. The molecule has 1 aliphatic rings. The average molecular weight is 499 g/mol. The van der Waals surface area contributed by atoms with Crippen molar-refractivity contribution in [2.45, 2.75) is 51.2 Å². The predicted molar refractivity (Wildman–Crippen MR) is 133 cm³/mol. The van der Waals surface area contributed by atoms with Gasteiger partial charge < -0.3 is 14.5 Å². The summed E-state index contributed by atoms with van der Waals surface area (Å²) in [5.74, 6) is -0.591. The lowest BCUT2D eigenvalue weighted by molar-refractivity contribution is 0.0526. The number of rotatable bonds is 8. The van der Waals surface area contributed by atoms with E-state index in [0.717, 1.165) is 29.4 Å². The maximum Gasteiger partial charge on any atom is 0.338 e. The van der Waals surface area contributed by atoms with Gasteiger partial charge in [-0.2, -0.15) is 4.31 Å². The molecule has 0 radical (unpaired) electrons. The van der Waals surface area contributed by atoms with Crippen molar-refractivity contribution in [1.82, 2.24) is 9.29 Å². The minimum Gasteiger partial charge on any atom is -0.462 e. The summed E-state index contributed by atoms with van der Waals surface area (Å²) in [5.41, 5.74) is 2.99. The number of H-pyrrole nitrogens is 1. The van der Waals surface area contributed by atoms with E-state index >= 15 is 0 Å². The molecule has 4 rings (SSSR count). The van der Waals surface area contributed by atoms with Crippen molar-refractivity contribution in [3.05, 3.63) is 75.1 Å². The van der Waals surface area contributed by atoms with Crippen LogP contribution >= 0.6 is 0 Å². The first-order valence-corrected chi connectivity index (χ1v) is 13.1. The van der Waals surface area contributed by atoms with E-state index in [0.29, 0.717) is 17.7 Å². The van der Waals surface area contributed by atoms with E-state index in [1.165, 1.54) is 28.6 Å². The molecule has 9 heteroatoms. The molecule has 2 heterocycles. The van der Waals surface area contributed by atoms with Gasteiger partial charge in [-0.15, -0.1) is 0 Å². The quantitative estimate of drug-likeness (QED) is 0.475. The molecule has 0 spiro atoms. The third kappa shape index (κ3) is 5.47. The molecule has 1 atom stereocenters. The second-order valence-corrected chi connectivity index (χ2v) is 10.8. The Kier molecular flexibility index (Phi) is 7.39. The van der Waals surface area contributed by atoms with E-state index in [1.807, 2.05) is 26.0 Å². The first-order valence-electron chi connectivity index (χ1n) is 11.7. The summed E-state index contributed by atoms with van der Waals surface area (Å²) in [7, 11) is -4.05. The Bertz CT molecular complexity index is 1410. The highest BCUT2D eigenvalue weighted by Gasteiger charge is 2.30. The molecule has 1 N–H and O–H groups in total. The van der Waals surface area contributed by atoms with Gasteiger partial charge in [0.2, 0.25) is 10.0 Å². The number of pyridine rings is 1. The number of hydrogen-bond acceptors (Lipinski definition) is 6. The summed E-state index contributed by atoms with van der Waals surface area (Å²) in [5, 5.41) is 0.835. The van der Waals surface area contributed by atoms with Gasteiger partial charge in [-0.1, -0.05) is 6.07 Å². The number of aromatic nitrogens is 1. The van der Waals surface area contributed by atoms with Gasteiger partial charge in [0.1, 0.15) is 0 Å². The Hall–Kier alpha value is -3.01. The van der Waals surface area contributed by atoms with Crippen molar-refractivity contribution >= 4 is 26.9 Å². The number of carbonyl (C=O) groups is 1. The van der Waals surface area contributed by atoms with Crippen molar-refractivity contribution in [2.24, 2.45) is 0 Å². The third-order valence-electron chi connectivity index (χ3n) is 6.30. The van der Waals surface area contributed by atoms with Crippen LogP contribution in [0.15, 0.2) is 52.2 Å². The second kappa shape index (κ2) is 10.3. The lowest BCUT2D eigenvalue weighted by Crippen LogP contribution is -2.38. The van der Waals surface area contributed by atoms with Crippen molar-refractivity contribution < 1.29 is 22.7 Å². The van der Waals surface area contributed by atoms with Crippen LogP contribution in [0.4, 0.5) is 0 Å². The molecule has 0 saturated carbocycles. The molecule has 35 heavy (non-hydrogen) atoms. The molecule has 0 aliphatic carbocycles. The zero-order valence-corrected chi connectivity index (χ0v) is 21.0. The smallest absolute Gasteiger partial charge is 0.338 e. The number of aromatic amines is 1. The van der Waals surface area contributed by atoms with Gasteiger partial charge in [0.05, 0.1) is 23.2 Å². The standard InChI is InChI=1S/C26H30N2O6S/c1-4-33-26(30)19-7-5-9-23(14-19)35(31,32)28(16-22-8-6-10-34-22)15-21-13-20-11-17(2)18(3)12-24(20)27-25(21)29/h5,7,9,11-14,22H,4,6,8,10,15-16H2,1-3H3,(H,27,29)/t22-/m1/s1. The molecule has 1 aromatic heterocycles. The normalized spacial score (nSPS) is 16.2. The van der Waals surface area contributed by atoms with E-state index in [2.05, 4.69) is 4.98 Å². The van der Waals surface area contributed by atoms with Crippen LogP contribution in [-0.2, 0) is 26.0 Å². The van der Waals surface area contributed by atoms with Gasteiger partial charge in [0.15, 0.2) is 0 Å². The molecular weight excluding hydrogens is 468 g/mol. The van der Waals surface area contributed by atoms with E-state index in [9.17, 15) is 18.0 Å². The van der Waals surface area contributed by atoms with Gasteiger partial charge in [-0.25, -0.2) is 13.2 Å². The number of nitrogens with one attached hydrogen (secondary N) is 1. The fraction of sp³-hybridized carbons (Fsp3) is 0.385. The van der Waals surface area contributed by atoms with Crippen molar-refractivity contribution in [1.29, 1.82) is 0 Å². The Morgan fingerprint density at radius 3 is 2.66 bits per heavy atom. The van der Waals surface area contributed by atoms with Crippen LogP contribution in [0.25, 0.3) is 10.9 Å². The number of sulfonamides is 1. The first-order chi connectivity index (χ1) is 16.7. The molecule has 186 valence electrons. The number of nitrogens with zero attached hydrogens (tertiary/aromatic N) is 1. The molecular formula is C26H30N2O6S. The van der Waals surface area contributed by atoms with Crippen LogP contribution in [0.2, 0.25) is 0 Å². The minimum absolute atomic E-state index is 0.0373. The Labute approximate surface area is 204 Å². The van der Waals surface area contributed by atoms with Gasteiger partial charge in [0, 0.05) is 30.8 Å². The Morgan fingerprint density at radius 1 is 1.17 bits per heavy atom. The predicted octanol–water partition coefficient (Wildman–Crippen LogP) is 3.69. The highest BCUT2D eigenvalue weighted by atomic mass is 32.2. The number of aryl methyl sites for hydroxylation is 2. The summed E-state index contributed by atoms with van der Waals surface area (Å²) in [4.78, 5) is 27.9. The van der Waals surface area contributed by atoms with Gasteiger partial charge >= 0.3 is 5.97 Å². The molecule has 3 aromatic rings. The van der Waals surface area contributed by atoms with Gasteiger partial charge in [0.25, 0.3) is 5.56 Å². The number of esters is 1. The molecule has 8 nitrogen and oxygen atoms in total. The van der Waals surface area contributed by atoms with Crippen LogP contribution in [0, 0.1) is 13.8 Å². The van der Waals surface area contributed by atoms with Crippen molar-refractivity contribution in [2.75, 3.05) is 19.8 Å². The Morgan fingerprint density at radius 2 is 1.94 bits per heavy atom. The number of fused-ring (bicyclic) bond motifs is 1. The Balaban J connectivity index is 1.73. The van der Waals surface area contributed by atoms with Crippen LogP contribution in [-0.4, -0.2) is 49.5 Å². The number of carbonyl (C=O) groups excluding carboxylic acids is 1. The summed E-state index contributed by atoms with van der Waals surface area (Å²) in [6.07, 6.45) is 1.33. The lowest BCUT2D eigenvalue weighted by Gasteiger charge is -2.25. The molecule has 1 fully saturated rings. The van der Waals surface area contributed by atoms with Gasteiger partial charge in [-0.3, -0.25) is 4.79 Å². The van der Waals surface area contributed by atoms with Crippen LogP contribution in [0.1, 0.15) is 46.8 Å². The number of ether oxygens (including phenoxy) is 2. The fourth-order valence-corrected chi connectivity index (χ4v) is 5.74. The van der Waals surface area contributed by atoms with E-state index in [-0.39, 0.29) is 41.8 Å². The highest BCUT2D eigenvalue weighted by molar-refractivity contribution is 7.89. The number of hydrogen-bond donors (Lipinski definition) is 1. The maximum atomic E-state index is 13.7. The lowest BCUT2D eigenvalue weighted by atomic mass is 10.0. The molecule has 0 unspecified atom stereocenters. The van der Waals surface area contributed by atoms with Crippen molar-refractivity contribution in [3.8, 4) is 0 Å². The topological polar surface area (TPSA) is 106 Å². The van der Waals surface area contributed by atoms with Crippen LogP contribution < -0.4 is 5.56 Å². The molecule has 0 bridgehead atoms. The molecule has 0 amide bonds. The highest BCUT2D eigenvalue weighted by Crippen LogP contribution is 2.24. The number of benzene rings is 2. The third-order valence-corrected chi connectivity index (χ3v) is 8.10. The second-order valence-electron chi connectivity index (χ2n) is 8.83. The minimum atomic E-state index is -4.05.